The van der Waals surface area contributed by atoms with Crippen LogP contribution in [0.4, 0.5) is 0 Å². The van der Waals surface area contributed by atoms with Gasteiger partial charge >= 0.3 is 0 Å². The van der Waals surface area contributed by atoms with Crippen molar-refractivity contribution in [3.8, 4) is 5.75 Å². The number of methoxy groups -OCH3 is 1. The molecule has 2 heterocycles. The van der Waals surface area contributed by atoms with E-state index in [0.717, 1.165) is 27.6 Å². The molecule has 2 N–H and O–H groups in total. The second kappa shape index (κ2) is 7.02. The van der Waals surface area contributed by atoms with Crippen molar-refractivity contribution in [3.05, 3.63) is 66.5 Å². The molecule has 0 fully saturated rings. The number of hydrogen-bond donors (Lipinski definition) is 2. The maximum atomic E-state index is 12.8. The van der Waals surface area contributed by atoms with E-state index in [0.29, 0.717) is 11.9 Å². The van der Waals surface area contributed by atoms with Crippen molar-refractivity contribution >= 4 is 31.8 Å². The van der Waals surface area contributed by atoms with E-state index in [-0.39, 0.29) is 11.4 Å². The van der Waals surface area contributed by atoms with E-state index >= 15 is 0 Å². The lowest BCUT2D eigenvalue weighted by atomic mass is 10.1. The summed E-state index contributed by atoms with van der Waals surface area (Å²) in [5, 5.41) is 1.82. The fourth-order valence-electron chi connectivity index (χ4n) is 3.18. The number of aromatic nitrogens is 2. The van der Waals surface area contributed by atoms with Gasteiger partial charge in [-0.2, -0.15) is 0 Å². The van der Waals surface area contributed by atoms with E-state index in [4.69, 9.17) is 4.74 Å². The molecule has 27 heavy (non-hydrogen) atoms. The summed E-state index contributed by atoms with van der Waals surface area (Å²) < 4.78 is 33.5. The Kier molecular flexibility index (Phi) is 4.55. The number of ether oxygens (including phenoxy) is 1. The SMILES string of the molecule is COc1ccc2[nH]cc(CCNS(=O)(=O)c3cccc4cccnc34)c2c1. The van der Waals surface area contributed by atoms with Gasteiger partial charge in [0.25, 0.3) is 0 Å². The van der Waals surface area contributed by atoms with E-state index in [9.17, 15) is 8.42 Å². The molecule has 0 amide bonds. The molecule has 0 bridgehead atoms. The van der Waals surface area contributed by atoms with Crippen molar-refractivity contribution in [1.29, 1.82) is 0 Å². The summed E-state index contributed by atoms with van der Waals surface area (Å²) in [5.74, 6) is 0.769. The molecule has 0 saturated heterocycles. The summed E-state index contributed by atoms with van der Waals surface area (Å²) in [7, 11) is -2.03. The van der Waals surface area contributed by atoms with Crippen molar-refractivity contribution in [1.82, 2.24) is 14.7 Å². The topological polar surface area (TPSA) is 84.1 Å². The van der Waals surface area contributed by atoms with Crippen LogP contribution in [-0.4, -0.2) is 32.0 Å². The van der Waals surface area contributed by atoms with E-state index in [1.54, 1.807) is 31.5 Å². The third kappa shape index (κ3) is 3.39. The summed E-state index contributed by atoms with van der Waals surface area (Å²) in [6, 6.07) is 14.6. The number of para-hydroxylation sites is 1. The third-order valence-corrected chi connectivity index (χ3v) is 6.04. The van der Waals surface area contributed by atoms with Crippen molar-refractivity contribution in [2.24, 2.45) is 0 Å². The molecule has 0 aliphatic rings. The van der Waals surface area contributed by atoms with Crippen LogP contribution in [0.2, 0.25) is 0 Å². The van der Waals surface area contributed by atoms with Crippen LogP contribution in [-0.2, 0) is 16.4 Å². The van der Waals surface area contributed by atoms with Crippen LogP contribution in [0.25, 0.3) is 21.8 Å². The molecule has 7 heteroatoms. The fraction of sp³-hybridized carbons (Fsp3) is 0.150. The zero-order valence-electron chi connectivity index (χ0n) is 14.8. The first kappa shape index (κ1) is 17.5. The Morgan fingerprint density at radius 3 is 2.85 bits per heavy atom. The maximum Gasteiger partial charge on any atom is 0.242 e. The Hall–Kier alpha value is -2.90. The van der Waals surface area contributed by atoms with Gasteiger partial charge in [-0.15, -0.1) is 0 Å². The summed E-state index contributed by atoms with van der Waals surface area (Å²) in [4.78, 5) is 7.62. The van der Waals surface area contributed by atoms with Gasteiger partial charge in [0.2, 0.25) is 10.0 Å². The second-order valence-corrected chi connectivity index (χ2v) is 7.94. The smallest absolute Gasteiger partial charge is 0.242 e. The Bertz CT molecular complexity index is 1210. The monoisotopic (exact) mass is 381 g/mol. The zero-order chi connectivity index (χ0) is 18.9. The Morgan fingerprint density at radius 2 is 2.00 bits per heavy atom. The third-order valence-electron chi connectivity index (χ3n) is 4.55. The number of sulfonamides is 1. The highest BCUT2D eigenvalue weighted by Crippen LogP contribution is 2.24. The predicted octanol–water partition coefficient (Wildman–Crippen LogP) is 3.25. The second-order valence-electron chi connectivity index (χ2n) is 6.20. The molecule has 0 radical (unpaired) electrons. The molecule has 0 aliphatic carbocycles. The van der Waals surface area contributed by atoms with Crippen LogP contribution >= 0.6 is 0 Å². The molecule has 2 aromatic carbocycles. The van der Waals surface area contributed by atoms with Gasteiger partial charge in [-0.1, -0.05) is 18.2 Å². The molecular weight excluding hydrogens is 362 g/mol. The molecule has 6 nitrogen and oxygen atoms in total. The molecule has 4 aromatic rings. The number of nitrogens with zero attached hydrogens (tertiary/aromatic N) is 1. The first-order chi connectivity index (χ1) is 13.1. The Morgan fingerprint density at radius 1 is 1.15 bits per heavy atom. The van der Waals surface area contributed by atoms with Crippen molar-refractivity contribution < 1.29 is 13.2 Å². The Labute approximate surface area is 157 Å². The number of nitrogens with one attached hydrogen (secondary N) is 2. The van der Waals surface area contributed by atoms with Crippen LogP contribution < -0.4 is 9.46 Å². The highest BCUT2D eigenvalue weighted by Gasteiger charge is 2.17. The number of aromatic amines is 1. The van der Waals surface area contributed by atoms with Gasteiger partial charge in [0.15, 0.2) is 0 Å². The van der Waals surface area contributed by atoms with Gasteiger partial charge in [-0.25, -0.2) is 13.1 Å². The van der Waals surface area contributed by atoms with Crippen LogP contribution in [0.1, 0.15) is 5.56 Å². The number of benzene rings is 2. The highest BCUT2D eigenvalue weighted by molar-refractivity contribution is 7.89. The summed E-state index contributed by atoms with van der Waals surface area (Å²) in [6.45, 7) is 0.287. The van der Waals surface area contributed by atoms with Gasteiger partial charge in [0.1, 0.15) is 10.6 Å². The molecule has 0 atom stereocenters. The highest BCUT2D eigenvalue weighted by atomic mass is 32.2. The molecule has 2 aromatic heterocycles. The number of rotatable bonds is 6. The molecule has 0 aliphatic heterocycles. The number of H-pyrrole nitrogens is 1. The van der Waals surface area contributed by atoms with Crippen LogP contribution in [0.3, 0.4) is 0 Å². The van der Waals surface area contributed by atoms with E-state index in [1.807, 2.05) is 36.5 Å². The lowest BCUT2D eigenvalue weighted by Crippen LogP contribution is -2.26. The van der Waals surface area contributed by atoms with Crippen LogP contribution in [0, 0.1) is 0 Å². The summed E-state index contributed by atoms with van der Waals surface area (Å²) >= 11 is 0. The number of pyridine rings is 1. The average Bonchev–Trinajstić information content (AvgIpc) is 3.09. The maximum absolute atomic E-state index is 12.8. The van der Waals surface area contributed by atoms with Crippen molar-refractivity contribution in [2.45, 2.75) is 11.3 Å². The van der Waals surface area contributed by atoms with Gasteiger partial charge in [-0.05, 0) is 42.3 Å². The predicted molar refractivity (Wildman–Crippen MR) is 105 cm³/mol. The number of fused-ring (bicyclic) bond motifs is 2. The lowest BCUT2D eigenvalue weighted by molar-refractivity contribution is 0.415. The fourth-order valence-corrected chi connectivity index (χ4v) is 4.39. The first-order valence-electron chi connectivity index (χ1n) is 8.56. The van der Waals surface area contributed by atoms with Gasteiger partial charge in [-0.3, -0.25) is 4.98 Å². The molecule has 138 valence electrons. The first-order valence-corrected chi connectivity index (χ1v) is 10.0. The number of hydrogen-bond acceptors (Lipinski definition) is 4. The molecule has 4 rings (SSSR count). The lowest BCUT2D eigenvalue weighted by Gasteiger charge is -2.09. The van der Waals surface area contributed by atoms with E-state index in [2.05, 4.69) is 14.7 Å². The minimum absolute atomic E-state index is 0.196. The molecule has 0 saturated carbocycles. The van der Waals surface area contributed by atoms with Gasteiger partial charge < -0.3 is 9.72 Å². The van der Waals surface area contributed by atoms with Crippen molar-refractivity contribution in [3.63, 3.8) is 0 Å². The molecular formula is C20H19N3O3S. The van der Waals surface area contributed by atoms with Gasteiger partial charge in [0, 0.05) is 35.2 Å². The minimum Gasteiger partial charge on any atom is -0.497 e. The Balaban J connectivity index is 1.55. The zero-order valence-corrected chi connectivity index (χ0v) is 15.6. The quantitative estimate of drug-likeness (QED) is 0.537. The molecule has 0 spiro atoms. The van der Waals surface area contributed by atoms with Crippen LogP contribution in [0.5, 0.6) is 5.75 Å². The summed E-state index contributed by atoms with van der Waals surface area (Å²) in [5.41, 5.74) is 2.50. The normalized spacial score (nSPS) is 11.9. The standard InChI is InChI=1S/C20H19N3O3S/c1-26-16-7-8-18-17(12-16)15(13-22-18)9-11-23-27(24,25)19-6-2-4-14-5-3-10-21-20(14)19/h2-8,10,12-13,22-23H,9,11H2,1H3. The average molecular weight is 381 g/mol. The minimum atomic E-state index is -3.65. The molecule has 0 unspecified atom stereocenters. The van der Waals surface area contributed by atoms with E-state index in [1.165, 1.54) is 0 Å². The van der Waals surface area contributed by atoms with Gasteiger partial charge in [0.05, 0.1) is 12.6 Å². The van der Waals surface area contributed by atoms with Crippen LogP contribution in [0.15, 0.2) is 65.8 Å². The van der Waals surface area contributed by atoms with E-state index < -0.39 is 10.0 Å². The summed E-state index contributed by atoms with van der Waals surface area (Å²) in [6.07, 6.45) is 4.06. The largest absolute Gasteiger partial charge is 0.497 e. The van der Waals surface area contributed by atoms with Crippen molar-refractivity contribution in [2.75, 3.05) is 13.7 Å².